The van der Waals surface area contributed by atoms with Gasteiger partial charge in [0.2, 0.25) is 0 Å². The van der Waals surface area contributed by atoms with Crippen molar-refractivity contribution in [1.29, 1.82) is 0 Å². The van der Waals surface area contributed by atoms with Crippen molar-refractivity contribution in [3.05, 3.63) is 18.0 Å². The van der Waals surface area contributed by atoms with Crippen molar-refractivity contribution < 1.29 is 22.7 Å². The van der Waals surface area contributed by atoms with Crippen molar-refractivity contribution in [2.24, 2.45) is 7.05 Å². The number of halogens is 1. The minimum atomic E-state index is -3.86. The fraction of sp³-hybridized carbons (Fsp3) is 0.500. The van der Waals surface area contributed by atoms with E-state index in [2.05, 4.69) is 0 Å². The van der Waals surface area contributed by atoms with Crippen LogP contribution in [0.1, 0.15) is 17.4 Å². The summed E-state index contributed by atoms with van der Waals surface area (Å²) in [7, 11) is 4.36. The SMILES string of the molecule is COCC(C)OC(=O)c1cc(S(=O)(=O)Cl)cn1C. The minimum Gasteiger partial charge on any atom is -0.456 e. The van der Waals surface area contributed by atoms with Gasteiger partial charge < -0.3 is 14.0 Å². The first-order chi connectivity index (χ1) is 8.25. The molecule has 0 aromatic carbocycles. The normalized spacial score (nSPS) is 13.3. The van der Waals surface area contributed by atoms with E-state index in [4.69, 9.17) is 20.2 Å². The maximum Gasteiger partial charge on any atom is 0.355 e. The molecule has 0 saturated carbocycles. The summed E-state index contributed by atoms with van der Waals surface area (Å²) in [5.41, 5.74) is 0.108. The van der Waals surface area contributed by atoms with Crippen LogP contribution in [0.3, 0.4) is 0 Å². The highest BCUT2D eigenvalue weighted by Crippen LogP contribution is 2.18. The Balaban J connectivity index is 2.91. The molecule has 0 radical (unpaired) electrons. The van der Waals surface area contributed by atoms with Gasteiger partial charge in [-0.15, -0.1) is 0 Å². The van der Waals surface area contributed by atoms with Gasteiger partial charge in [0.25, 0.3) is 9.05 Å². The molecule has 0 aliphatic heterocycles. The van der Waals surface area contributed by atoms with Gasteiger partial charge in [-0.1, -0.05) is 0 Å². The molecule has 0 amide bonds. The number of ether oxygens (including phenoxy) is 2. The summed E-state index contributed by atoms with van der Waals surface area (Å²) in [6.07, 6.45) is 0.827. The van der Waals surface area contributed by atoms with Gasteiger partial charge in [0.15, 0.2) is 0 Å². The van der Waals surface area contributed by atoms with Crippen LogP contribution in [0.2, 0.25) is 0 Å². The number of methoxy groups -OCH3 is 1. The van der Waals surface area contributed by atoms with Gasteiger partial charge in [-0.2, -0.15) is 0 Å². The number of carbonyl (C=O) groups excluding carboxylic acids is 1. The van der Waals surface area contributed by atoms with Gasteiger partial charge in [0.1, 0.15) is 16.7 Å². The van der Waals surface area contributed by atoms with Gasteiger partial charge in [0, 0.05) is 31.0 Å². The Morgan fingerprint density at radius 1 is 1.56 bits per heavy atom. The summed E-state index contributed by atoms with van der Waals surface area (Å²) in [5, 5.41) is 0. The largest absolute Gasteiger partial charge is 0.456 e. The average Bonchev–Trinajstić information content (AvgIpc) is 2.60. The molecule has 0 bridgehead atoms. The van der Waals surface area contributed by atoms with E-state index >= 15 is 0 Å². The Labute approximate surface area is 110 Å². The molecule has 0 N–H and O–H groups in total. The van der Waals surface area contributed by atoms with Crippen LogP contribution in [0.5, 0.6) is 0 Å². The highest BCUT2D eigenvalue weighted by atomic mass is 35.7. The molecule has 0 aliphatic carbocycles. The van der Waals surface area contributed by atoms with Crippen LogP contribution in [0.25, 0.3) is 0 Å². The van der Waals surface area contributed by atoms with Crippen LogP contribution in [0.4, 0.5) is 0 Å². The highest BCUT2D eigenvalue weighted by molar-refractivity contribution is 8.13. The first kappa shape index (κ1) is 15.0. The van der Waals surface area contributed by atoms with E-state index in [1.807, 2.05) is 0 Å². The number of hydrogen-bond acceptors (Lipinski definition) is 5. The quantitative estimate of drug-likeness (QED) is 0.601. The maximum absolute atomic E-state index is 11.8. The van der Waals surface area contributed by atoms with Crippen LogP contribution in [0.15, 0.2) is 17.2 Å². The molecule has 18 heavy (non-hydrogen) atoms. The smallest absolute Gasteiger partial charge is 0.355 e. The van der Waals surface area contributed by atoms with Crippen molar-refractivity contribution in [2.75, 3.05) is 13.7 Å². The molecule has 6 nitrogen and oxygen atoms in total. The number of aromatic nitrogens is 1. The van der Waals surface area contributed by atoms with Gasteiger partial charge in [-0.25, -0.2) is 13.2 Å². The van der Waals surface area contributed by atoms with Crippen molar-refractivity contribution >= 4 is 25.7 Å². The molecular weight excluding hydrogens is 282 g/mol. The van der Waals surface area contributed by atoms with E-state index in [0.29, 0.717) is 0 Å². The number of hydrogen-bond donors (Lipinski definition) is 0. The topological polar surface area (TPSA) is 74.6 Å². The third kappa shape index (κ3) is 3.72. The molecule has 0 spiro atoms. The van der Waals surface area contributed by atoms with Gasteiger partial charge in [0.05, 0.1) is 6.61 Å². The molecule has 1 aromatic rings. The van der Waals surface area contributed by atoms with Crippen LogP contribution in [-0.2, 0) is 25.6 Å². The van der Waals surface area contributed by atoms with E-state index in [0.717, 1.165) is 0 Å². The lowest BCUT2D eigenvalue weighted by Gasteiger charge is -2.12. The standard InChI is InChI=1S/C10H14ClNO5S/c1-7(6-16-3)17-10(13)9-4-8(5-12(9)2)18(11,14)15/h4-5,7H,6H2,1-3H3. The predicted octanol–water partition coefficient (Wildman–Crippen LogP) is 1.14. The monoisotopic (exact) mass is 295 g/mol. The Bertz CT molecular complexity index is 536. The number of carbonyl (C=O) groups is 1. The first-order valence-corrected chi connectivity index (χ1v) is 7.37. The Morgan fingerprint density at radius 3 is 2.61 bits per heavy atom. The lowest BCUT2D eigenvalue weighted by molar-refractivity contribution is 0.0111. The molecular formula is C10H14ClNO5S. The van der Waals surface area contributed by atoms with E-state index in [-0.39, 0.29) is 17.2 Å². The second kappa shape index (κ2) is 5.73. The molecule has 102 valence electrons. The second-order valence-corrected chi connectivity index (χ2v) is 6.35. The number of aryl methyl sites for hydroxylation is 1. The zero-order valence-corrected chi connectivity index (χ0v) is 11.8. The lowest BCUT2D eigenvalue weighted by Crippen LogP contribution is -2.21. The first-order valence-electron chi connectivity index (χ1n) is 5.06. The molecule has 0 aliphatic rings. The molecule has 0 fully saturated rings. The number of nitrogens with zero attached hydrogens (tertiary/aromatic N) is 1. The fourth-order valence-corrected chi connectivity index (χ4v) is 2.17. The van der Waals surface area contributed by atoms with Crippen molar-refractivity contribution in [2.45, 2.75) is 17.9 Å². The van der Waals surface area contributed by atoms with Gasteiger partial charge in [-0.05, 0) is 13.0 Å². The van der Waals surface area contributed by atoms with Crippen molar-refractivity contribution in [1.82, 2.24) is 4.57 Å². The van der Waals surface area contributed by atoms with Crippen LogP contribution in [-0.4, -0.2) is 38.8 Å². The predicted molar refractivity (Wildman–Crippen MR) is 65.2 cm³/mol. The number of rotatable bonds is 5. The zero-order chi connectivity index (χ0) is 13.9. The summed E-state index contributed by atoms with van der Waals surface area (Å²) >= 11 is 0. The summed E-state index contributed by atoms with van der Waals surface area (Å²) in [6, 6.07) is 1.17. The Hall–Kier alpha value is -1.05. The highest BCUT2D eigenvalue weighted by Gasteiger charge is 2.20. The summed E-state index contributed by atoms with van der Waals surface area (Å²) in [6.45, 7) is 1.93. The lowest BCUT2D eigenvalue weighted by atomic mass is 10.4. The van der Waals surface area contributed by atoms with E-state index in [1.54, 1.807) is 6.92 Å². The van der Waals surface area contributed by atoms with Crippen LogP contribution >= 0.6 is 10.7 Å². The van der Waals surface area contributed by atoms with Gasteiger partial charge >= 0.3 is 5.97 Å². The third-order valence-corrected chi connectivity index (χ3v) is 3.50. The van der Waals surface area contributed by atoms with E-state index in [1.165, 1.54) is 31.0 Å². The molecule has 8 heteroatoms. The Kier molecular flexibility index (Phi) is 4.78. The zero-order valence-electron chi connectivity index (χ0n) is 10.2. The molecule has 1 rings (SSSR count). The van der Waals surface area contributed by atoms with Crippen molar-refractivity contribution in [3.63, 3.8) is 0 Å². The van der Waals surface area contributed by atoms with E-state index in [9.17, 15) is 13.2 Å². The van der Waals surface area contributed by atoms with Gasteiger partial charge in [-0.3, -0.25) is 0 Å². The fourth-order valence-electron chi connectivity index (χ4n) is 1.38. The minimum absolute atomic E-state index is 0.108. The number of esters is 1. The maximum atomic E-state index is 11.8. The molecule has 1 unspecified atom stereocenters. The molecule has 0 saturated heterocycles. The molecule has 1 heterocycles. The molecule has 1 aromatic heterocycles. The van der Waals surface area contributed by atoms with Crippen molar-refractivity contribution in [3.8, 4) is 0 Å². The van der Waals surface area contributed by atoms with Crippen LogP contribution < -0.4 is 0 Å². The average molecular weight is 296 g/mol. The Morgan fingerprint density at radius 2 is 2.17 bits per heavy atom. The third-order valence-electron chi connectivity index (χ3n) is 2.18. The van der Waals surface area contributed by atoms with Crippen LogP contribution in [0, 0.1) is 0 Å². The molecule has 1 atom stereocenters. The summed E-state index contributed by atoms with van der Waals surface area (Å²) in [4.78, 5) is 11.6. The summed E-state index contributed by atoms with van der Waals surface area (Å²) in [5.74, 6) is -0.631. The van der Waals surface area contributed by atoms with E-state index < -0.39 is 21.1 Å². The summed E-state index contributed by atoms with van der Waals surface area (Å²) < 4.78 is 33.5. The second-order valence-electron chi connectivity index (χ2n) is 3.78.